The molecule has 0 aromatic heterocycles. The first kappa shape index (κ1) is 6.48. The van der Waals surface area contributed by atoms with Crippen molar-refractivity contribution in [2.45, 2.75) is 13.8 Å². The molecule has 0 heterocycles. The van der Waals surface area contributed by atoms with Crippen molar-refractivity contribution < 1.29 is 0 Å². The average Bonchev–Trinajstić information content (AvgIpc) is 2.50. The van der Waals surface area contributed by atoms with Gasteiger partial charge in [-0.25, -0.2) is 0 Å². The van der Waals surface area contributed by atoms with E-state index in [1.54, 1.807) is 0 Å². The maximum Gasteiger partial charge on any atom is 0.0953 e. The maximum absolute atomic E-state index is 8.95. The van der Waals surface area contributed by atoms with Crippen molar-refractivity contribution in [3.63, 3.8) is 0 Å². The number of nitriles is 1. The van der Waals surface area contributed by atoms with Crippen molar-refractivity contribution in [3.8, 4) is 6.07 Å². The van der Waals surface area contributed by atoms with E-state index >= 15 is 0 Å². The predicted octanol–water partition coefficient (Wildman–Crippen LogP) is 2.28. The molecule has 3 rings (SSSR count). The second-order valence-electron chi connectivity index (χ2n) is 4.59. The third-order valence-corrected chi connectivity index (χ3v) is 4.44. The van der Waals surface area contributed by atoms with Crippen LogP contribution < -0.4 is 0 Å². The molecule has 0 aromatic carbocycles. The molecule has 0 aromatic rings. The largest absolute Gasteiger partial charge is 0.193 e. The van der Waals surface area contributed by atoms with Crippen LogP contribution in [-0.2, 0) is 0 Å². The van der Waals surface area contributed by atoms with E-state index in [1.807, 2.05) is 0 Å². The maximum atomic E-state index is 8.95. The normalized spacial score (nSPS) is 57.9. The third-order valence-electron chi connectivity index (χ3n) is 4.44. The topological polar surface area (TPSA) is 23.8 Å². The van der Waals surface area contributed by atoms with Gasteiger partial charge in [0.1, 0.15) is 0 Å². The van der Waals surface area contributed by atoms with Crippen molar-refractivity contribution in [1.29, 1.82) is 5.26 Å². The van der Waals surface area contributed by atoms with Gasteiger partial charge < -0.3 is 0 Å². The summed E-state index contributed by atoms with van der Waals surface area (Å²) in [7, 11) is 0. The lowest BCUT2D eigenvalue weighted by molar-refractivity contribution is 0.322. The van der Waals surface area contributed by atoms with Crippen molar-refractivity contribution in [2.75, 3.05) is 0 Å². The highest BCUT2D eigenvalue weighted by Crippen LogP contribution is 2.78. The second-order valence-corrected chi connectivity index (χ2v) is 4.59. The molecular formula is C11H11N. The van der Waals surface area contributed by atoms with Crippen molar-refractivity contribution in [3.05, 3.63) is 23.8 Å². The average molecular weight is 157 g/mol. The van der Waals surface area contributed by atoms with E-state index in [1.165, 1.54) is 0 Å². The molecule has 0 bridgehead atoms. The van der Waals surface area contributed by atoms with Gasteiger partial charge in [-0.1, -0.05) is 32.1 Å². The van der Waals surface area contributed by atoms with Crippen LogP contribution in [0.5, 0.6) is 0 Å². The Balaban J connectivity index is 2.24. The highest BCUT2D eigenvalue weighted by atomic mass is 14.8. The zero-order valence-corrected chi connectivity index (χ0v) is 7.33. The first-order valence-electron chi connectivity index (χ1n) is 4.46. The minimum Gasteiger partial charge on any atom is -0.193 e. The van der Waals surface area contributed by atoms with Crippen LogP contribution in [0.2, 0.25) is 0 Å². The number of hydrogen-bond acceptors (Lipinski definition) is 1. The summed E-state index contributed by atoms with van der Waals surface area (Å²) in [5.41, 5.74) is 1.43. The van der Waals surface area contributed by atoms with Crippen molar-refractivity contribution in [2.24, 2.45) is 22.7 Å². The summed E-state index contributed by atoms with van der Waals surface area (Å²) in [6.45, 7) is 4.51. The van der Waals surface area contributed by atoms with Crippen LogP contribution in [0.3, 0.4) is 0 Å². The van der Waals surface area contributed by atoms with Crippen LogP contribution >= 0.6 is 0 Å². The highest BCUT2D eigenvalue weighted by Gasteiger charge is 2.74. The Kier molecular flexibility index (Phi) is 0.754. The Morgan fingerprint density at radius 1 is 1.42 bits per heavy atom. The van der Waals surface area contributed by atoms with E-state index < -0.39 is 0 Å². The van der Waals surface area contributed by atoms with Gasteiger partial charge in [-0.05, 0) is 17.3 Å². The molecule has 1 heteroatoms. The number of hydrogen-bond donors (Lipinski definition) is 0. The molecule has 0 N–H and O–H groups in total. The number of allylic oxidation sites excluding steroid dienone is 4. The molecule has 1 saturated carbocycles. The molecule has 1 fully saturated rings. The zero-order chi connectivity index (χ0) is 8.56. The number of nitrogens with zero attached hydrogens (tertiary/aromatic N) is 1. The molecule has 0 spiro atoms. The zero-order valence-electron chi connectivity index (χ0n) is 7.33. The summed E-state index contributed by atoms with van der Waals surface area (Å²) in [5.74, 6) is 1.40. The van der Waals surface area contributed by atoms with E-state index in [4.69, 9.17) is 5.26 Å². The first-order chi connectivity index (χ1) is 5.64. The molecule has 0 aliphatic heterocycles. The van der Waals surface area contributed by atoms with Crippen LogP contribution in [0, 0.1) is 34.0 Å². The first-order valence-corrected chi connectivity index (χ1v) is 4.46. The van der Waals surface area contributed by atoms with E-state index in [0.29, 0.717) is 11.3 Å². The van der Waals surface area contributed by atoms with Gasteiger partial charge in [-0.2, -0.15) is 5.26 Å². The van der Waals surface area contributed by atoms with Gasteiger partial charge in [0.25, 0.3) is 0 Å². The van der Waals surface area contributed by atoms with Crippen molar-refractivity contribution in [1.82, 2.24) is 0 Å². The van der Waals surface area contributed by atoms with E-state index in [0.717, 1.165) is 11.5 Å². The van der Waals surface area contributed by atoms with Crippen LogP contribution in [0.4, 0.5) is 0 Å². The van der Waals surface area contributed by atoms with Gasteiger partial charge >= 0.3 is 0 Å². The lowest BCUT2D eigenvalue weighted by Crippen LogP contribution is -2.22. The standard InChI is InChI=1S/C11H11N/c1-10-4-3-8-9(11(8,10)2)5-7(10)6-12/h3-5,8-9H,1-2H3/t8?,9?,10-,11+/m1/s1. The van der Waals surface area contributed by atoms with Gasteiger partial charge in [0, 0.05) is 11.0 Å². The Bertz CT molecular complexity index is 371. The van der Waals surface area contributed by atoms with Gasteiger partial charge in [0.15, 0.2) is 0 Å². The Labute approximate surface area is 72.4 Å². The number of fused-ring (bicyclic) bond motifs is 1. The summed E-state index contributed by atoms with van der Waals surface area (Å²) >= 11 is 0. The van der Waals surface area contributed by atoms with Gasteiger partial charge in [-0.3, -0.25) is 0 Å². The molecule has 3 aliphatic carbocycles. The minimum atomic E-state index is 0.0666. The SMILES string of the molecule is C[C@@]12C3C=C[C@]1(C)C(C#N)=CC32. The molecule has 2 unspecified atom stereocenters. The quantitative estimate of drug-likeness (QED) is 0.495. The van der Waals surface area contributed by atoms with Crippen LogP contribution in [0.15, 0.2) is 23.8 Å². The predicted molar refractivity (Wildman–Crippen MR) is 46.0 cm³/mol. The molecule has 4 atom stereocenters. The highest BCUT2D eigenvalue weighted by molar-refractivity contribution is 5.54. The summed E-state index contributed by atoms with van der Waals surface area (Å²) in [6.07, 6.45) is 6.71. The Morgan fingerprint density at radius 2 is 2.17 bits per heavy atom. The van der Waals surface area contributed by atoms with Crippen LogP contribution in [-0.4, -0.2) is 0 Å². The molecular weight excluding hydrogens is 146 g/mol. The van der Waals surface area contributed by atoms with Gasteiger partial charge in [0.2, 0.25) is 0 Å². The molecule has 1 nitrogen and oxygen atoms in total. The van der Waals surface area contributed by atoms with Crippen LogP contribution in [0.25, 0.3) is 0 Å². The molecule has 0 radical (unpaired) electrons. The van der Waals surface area contributed by atoms with Crippen LogP contribution in [0.1, 0.15) is 13.8 Å². The second kappa shape index (κ2) is 1.40. The lowest BCUT2D eigenvalue weighted by Gasteiger charge is -2.27. The third kappa shape index (κ3) is 0.357. The van der Waals surface area contributed by atoms with Gasteiger partial charge in [0.05, 0.1) is 6.07 Å². The molecule has 12 heavy (non-hydrogen) atoms. The monoisotopic (exact) mass is 157 g/mol. The minimum absolute atomic E-state index is 0.0666. The Hall–Kier alpha value is -1.03. The molecule has 0 saturated heterocycles. The fourth-order valence-corrected chi connectivity index (χ4v) is 3.23. The molecule has 3 aliphatic rings. The van der Waals surface area contributed by atoms with E-state index in [9.17, 15) is 0 Å². The Morgan fingerprint density at radius 3 is 2.75 bits per heavy atom. The fourth-order valence-electron chi connectivity index (χ4n) is 3.23. The number of rotatable bonds is 0. The molecule has 0 amide bonds. The summed E-state index contributed by atoms with van der Waals surface area (Å²) in [6, 6.07) is 2.33. The smallest absolute Gasteiger partial charge is 0.0953 e. The summed E-state index contributed by atoms with van der Waals surface area (Å²) in [5, 5.41) is 8.95. The fraction of sp³-hybridized carbons (Fsp3) is 0.545. The van der Waals surface area contributed by atoms with E-state index in [-0.39, 0.29) is 5.41 Å². The summed E-state index contributed by atoms with van der Waals surface area (Å²) in [4.78, 5) is 0. The lowest BCUT2D eigenvalue weighted by atomic mass is 9.74. The van der Waals surface area contributed by atoms with E-state index in [2.05, 4.69) is 38.1 Å². The van der Waals surface area contributed by atoms with Gasteiger partial charge in [-0.15, -0.1) is 0 Å². The van der Waals surface area contributed by atoms with Crippen molar-refractivity contribution >= 4 is 0 Å². The molecule has 60 valence electrons. The summed E-state index contributed by atoms with van der Waals surface area (Å²) < 4.78 is 0.